The second-order valence-electron chi connectivity index (χ2n) is 4.70. The Bertz CT molecular complexity index is 337. The van der Waals surface area contributed by atoms with Gasteiger partial charge in [0.25, 0.3) is 0 Å². The van der Waals surface area contributed by atoms with Crippen molar-refractivity contribution in [3.8, 4) is 5.75 Å². The van der Waals surface area contributed by atoms with Crippen LogP contribution in [0.15, 0.2) is 6.20 Å². The maximum Gasteiger partial charge on any atom is 0.128 e. The molecule has 0 bridgehead atoms. The van der Waals surface area contributed by atoms with E-state index in [1.165, 1.54) is 0 Å². The van der Waals surface area contributed by atoms with Gasteiger partial charge in [0, 0.05) is 22.7 Å². The van der Waals surface area contributed by atoms with E-state index in [4.69, 9.17) is 4.74 Å². The molecule has 0 spiro atoms. The maximum atomic E-state index is 5.37. The Morgan fingerprint density at radius 1 is 1.21 bits per heavy atom. The van der Waals surface area contributed by atoms with Crippen molar-refractivity contribution in [2.45, 2.75) is 40.0 Å². The number of aromatic nitrogens is 1. The second kappa shape index (κ2) is 3.60. The summed E-state index contributed by atoms with van der Waals surface area (Å²) in [5.41, 5.74) is 3.43. The third-order valence-corrected chi connectivity index (χ3v) is 2.36. The van der Waals surface area contributed by atoms with Crippen molar-refractivity contribution < 1.29 is 4.74 Å². The van der Waals surface area contributed by atoms with E-state index in [-0.39, 0.29) is 5.41 Å². The van der Waals surface area contributed by atoms with E-state index < -0.39 is 0 Å². The molecule has 1 aromatic rings. The fourth-order valence-electron chi connectivity index (χ4n) is 1.79. The van der Waals surface area contributed by atoms with Crippen LogP contribution in [-0.4, -0.2) is 12.1 Å². The monoisotopic (exact) mass is 193 g/mol. The summed E-state index contributed by atoms with van der Waals surface area (Å²) in [6, 6.07) is 0. The highest BCUT2D eigenvalue weighted by atomic mass is 16.5. The summed E-state index contributed by atoms with van der Waals surface area (Å²) >= 11 is 0. The summed E-state index contributed by atoms with van der Waals surface area (Å²) < 4.78 is 5.37. The quantitative estimate of drug-likeness (QED) is 0.684. The Morgan fingerprint density at radius 2 is 1.79 bits per heavy atom. The van der Waals surface area contributed by atoms with Crippen molar-refractivity contribution >= 4 is 0 Å². The minimum Gasteiger partial charge on any atom is -0.496 e. The molecule has 0 unspecified atom stereocenters. The van der Waals surface area contributed by atoms with Crippen LogP contribution in [0.1, 0.15) is 37.6 Å². The number of pyridine rings is 1. The number of aryl methyl sites for hydroxylation is 1. The lowest BCUT2D eigenvalue weighted by Crippen LogP contribution is -2.16. The molecule has 0 N–H and O–H groups in total. The molecule has 0 aromatic carbocycles. The first-order valence-corrected chi connectivity index (χ1v) is 4.88. The van der Waals surface area contributed by atoms with E-state index in [2.05, 4.69) is 32.7 Å². The molecule has 0 aliphatic heterocycles. The van der Waals surface area contributed by atoms with Crippen LogP contribution in [0, 0.1) is 13.8 Å². The fraction of sp³-hybridized carbons (Fsp3) is 0.583. The van der Waals surface area contributed by atoms with Crippen LogP contribution in [-0.2, 0) is 5.41 Å². The molecule has 0 atom stereocenters. The van der Waals surface area contributed by atoms with E-state index in [1.807, 2.05) is 13.1 Å². The highest BCUT2D eigenvalue weighted by Crippen LogP contribution is 2.31. The molecule has 0 saturated carbocycles. The lowest BCUT2D eigenvalue weighted by atomic mass is 9.88. The van der Waals surface area contributed by atoms with Gasteiger partial charge in [-0.05, 0) is 13.8 Å². The molecule has 0 fully saturated rings. The van der Waals surface area contributed by atoms with Gasteiger partial charge >= 0.3 is 0 Å². The molecule has 0 aliphatic rings. The van der Waals surface area contributed by atoms with Crippen LogP contribution in [0.5, 0.6) is 5.75 Å². The largest absolute Gasteiger partial charge is 0.496 e. The van der Waals surface area contributed by atoms with Gasteiger partial charge in [-0.2, -0.15) is 0 Å². The first-order chi connectivity index (χ1) is 6.38. The Hall–Kier alpha value is -1.05. The molecule has 0 aliphatic carbocycles. The summed E-state index contributed by atoms with van der Waals surface area (Å²) in [6.07, 6.45) is 1.88. The lowest BCUT2D eigenvalue weighted by Gasteiger charge is -2.22. The zero-order chi connectivity index (χ0) is 10.9. The second-order valence-corrected chi connectivity index (χ2v) is 4.70. The fourth-order valence-corrected chi connectivity index (χ4v) is 1.79. The standard InChI is InChI=1S/C12H19NO/c1-8-7-13-11(12(3,4)5)9(2)10(8)14-6/h7H,1-6H3. The summed E-state index contributed by atoms with van der Waals surface area (Å²) in [6.45, 7) is 10.6. The minimum atomic E-state index is 0.0745. The van der Waals surface area contributed by atoms with Crippen molar-refractivity contribution in [2.75, 3.05) is 7.11 Å². The number of methoxy groups -OCH3 is 1. The zero-order valence-corrected chi connectivity index (χ0v) is 9.93. The van der Waals surface area contributed by atoms with Gasteiger partial charge in [-0.3, -0.25) is 4.98 Å². The third-order valence-electron chi connectivity index (χ3n) is 2.36. The lowest BCUT2D eigenvalue weighted by molar-refractivity contribution is 0.404. The van der Waals surface area contributed by atoms with E-state index >= 15 is 0 Å². The van der Waals surface area contributed by atoms with E-state index in [0.29, 0.717) is 0 Å². The van der Waals surface area contributed by atoms with Gasteiger partial charge in [-0.25, -0.2) is 0 Å². The smallest absolute Gasteiger partial charge is 0.128 e. The zero-order valence-electron chi connectivity index (χ0n) is 9.93. The van der Waals surface area contributed by atoms with E-state index in [1.54, 1.807) is 7.11 Å². The summed E-state index contributed by atoms with van der Waals surface area (Å²) in [7, 11) is 1.71. The van der Waals surface area contributed by atoms with Crippen LogP contribution in [0.25, 0.3) is 0 Å². The topological polar surface area (TPSA) is 22.1 Å². The molecule has 0 saturated heterocycles. The van der Waals surface area contributed by atoms with Crippen LogP contribution < -0.4 is 4.74 Å². The summed E-state index contributed by atoms with van der Waals surface area (Å²) in [4.78, 5) is 4.48. The third kappa shape index (κ3) is 1.89. The first kappa shape index (κ1) is 11.0. The molecule has 1 aromatic heterocycles. The van der Waals surface area contributed by atoms with Gasteiger partial charge < -0.3 is 4.74 Å². The Balaban J connectivity index is 3.36. The summed E-state index contributed by atoms with van der Waals surface area (Å²) in [5, 5.41) is 0. The molecule has 0 amide bonds. The maximum absolute atomic E-state index is 5.37. The normalized spacial score (nSPS) is 11.6. The van der Waals surface area contributed by atoms with Gasteiger partial charge in [0.2, 0.25) is 0 Å². The number of rotatable bonds is 1. The van der Waals surface area contributed by atoms with Crippen molar-refractivity contribution in [1.29, 1.82) is 0 Å². The number of hydrogen-bond acceptors (Lipinski definition) is 2. The Kier molecular flexibility index (Phi) is 2.84. The highest BCUT2D eigenvalue weighted by molar-refractivity contribution is 5.43. The predicted octanol–water partition coefficient (Wildman–Crippen LogP) is 3.00. The van der Waals surface area contributed by atoms with Crippen molar-refractivity contribution in [3.63, 3.8) is 0 Å². The van der Waals surface area contributed by atoms with Gasteiger partial charge in [0.15, 0.2) is 0 Å². The van der Waals surface area contributed by atoms with Crippen LogP contribution >= 0.6 is 0 Å². The SMILES string of the molecule is COc1c(C)cnc(C(C)(C)C)c1C. The van der Waals surface area contributed by atoms with Gasteiger partial charge in [-0.1, -0.05) is 20.8 Å². The van der Waals surface area contributed by atoms with Crippen molar-refractivity contribution in [3.05, 3.63) is 23.0 Å². The van der Waals surface area contributed by atoms with Gasteiger partial charge in [0.1, 0.15) is 5.75 Å². The number of nitrogens with zero attached hydrogens (tertiary/aromatic N) is 1. The highest BCUT2D eigenvalue weighted by Gasteiger charge is 2.20. The molecular formula is C12H19NO. The van der Waals surface area contributed by atoms with Crippen molar-refractivity contribution in [1.82, 2.24) is 4.98 Å². The van der Waals surface area contributed by atoms with Crippen molar-refractivity contribution in [2.24, 2.45) is 0 Å². The van der Waals surface area contributed by atoms with Gasteiger partial charge in [0.05, 0.1) is 12.8 Å². The predicted molar refractivity (Wildman–Crippen MR) is 59.0 cm³/mol. The molecule has 78 valence electrons. The average Bonchev–Trinajstić information content (AvgIpc) is 2.02. The molecule has 1 heterocycles. The number of ether oxygens (including phenoxy) is 1. The molecule has 14 heavy (non-hydrogen) atoms. The van der Waals surface area contributed by atoms with E-state index in [9.17, 15) is 0 Å². The average molecular weight is 193 g/mol. The van der Waals surface area contributed by atoms with Crippen LogP contribution in [0.4, 0.5) is 0 Å². The Labute approximate surface area is 86.3 Å². The molecule has 0 radical (unpaired) electrons. The first-order valence-electron chi connectivity index (χ1n) is 4.88. The number of hydrogen-bond donors (Lipinski definition) is 0. The molecule has 2 heteroatoms. The van der Waals surface area contributed by atoms with E-state index in [0.717, 1.165) is 22.6 Å². The molecule has 1 rings (SSSR count). The molecular weight excluding hydrogens is 174 g/mol. The molecule has 2 nitrogen and oxygen atoms in total. The minimum absolute atomic E-state index is 0.0745. The Morgan fingerprint density at radius 3 is 2.21 bits per heavy atom. The van der Waals surface area contributed by atoms with Crippen LogP contribution in [0.3, 0.4) is 0 Å². The van der Waals surface area contributed by atoms with Gasteiger partial charge in [-0.15, -0.1) is 0 Å². The van der Waals surface area contributed by atoms with Crippen LogP contribution in [0.2, 0.25) is 0 Å². The summed E-state index contributed by atoms with van der Waals surface area (Å²) in [5.74, 6) is 0.963.